The normalized spacial score (nSPS) is 12.8. The van der Waals surface area contributed by atoms with Crippen molar-refractivity contribution in [1.82, 2.24) is 0 Å². The summed E-state index contributed by atoms with van der Waals surface area (Å²) in [7, 11) is 1.48. The van der Waals surface area contributed by atoms with Crippen LogP contribution in [0.25, 0.3) is 0 Å². The van der Waals surface area contributed by atoms with Crippen molar-refractivity contribution in [3.05, 3.63) is 33.8 Å². The predicted molar refractivity (Wildman–Crippen MR) is 66.6 cm³/mol. The van der Waals surface area contributed by atoms with Gasteiger partial charge in [0.15, 0.2) is 0 Å². The van der Waals surface area contributed by atoms with Gasteiger partial charge in [-0.2, -0.15) is 13.2 Å². The van der Waals surface area contributed by atoms with Crippen LogP contribution < -0.4 is 5.73 Å². The van der Waals surface area contributed by atoms with Crippen LogP contribution in [0.5, 0.6) is 0 Å². The first-order chi connectivity index (χ1) is 8.36. The maximum Gasteiger partial charge on any atom is 0.417 e. The number of nitrogens with zero attached hydrogens (tertiary/aromatic N) is 1. The van der Waals surface area contributed by atoms with Crippen LogP contribution in [0.4, 0.5) is 13.2 Å². The topological polar surface area (TPSA) is 47.6 Å². The Morgan fingerprint density at radius 3 is 2.67 bits per heavy atom. The SMILES string of the molecule is COCCN=C(N)c1ccc(Br)cc1C(F)(F)F. The third kappa shape index (κ3) is 3.99. The largest absolute Gasteiger partial charge is 0.417 e. The van der Waals surface area contributed by atoms with E-state index in [1.54, 1.807) is 0 Å². The highest BCUT2D eigenvalue weighted by atomic mass is 79.9. The molecule has 0 fully saturated rings. The zero-order valence-corrected chi connectivity index (χ0v) is 11.2. The summed E-state index contributed by atoms with van der Waals surface area (Å²) >= 11 is 3.00. The number of benzene rings is 1. The fraction of sp³-hybridized carbons (Fsp3) is 0.364. The zero-order chi connectivity index (χ0) is 13.8. The number of amidine groups is 1. The highest BCUT2D eigenvalue weighted by Gasteiger charge is 2.34. The monoisotopic (exact) mass is 324 g/mol. The van der Waals surface area contributed by atoms with Crippen molar-refractivity contribution in [3.8, 4) is 0 Å². The van der Waals surface area contributed by atoms with Crippen LogP contribution in [0, 0.1) is 0 Å². The molecule has 0 spiro atoms. The molecule has 0 aliphatic heterocycles. The Morgan fingerprint density at radius 1 is 1.44 bits per heavy atom. The second kappa shape index (κ2) is 6.19. The fourth-order valence-corrected chi connectivity index (χ4v) is 1.68. The van der Waals surface area contributed by atoms with Gasteiger partial charge in [0.05, 0.1) is 18.7 Å². The number of nitrogens with two attached hydrogens (primary N) is 1. The Balaban J connectivity index is 3.12. The van der Waals surface area contributed by atoms with Gasteiger partial charge in [-0.25, -0.2) is 0 Å². The molecule has 3 nitrogen and oxygen atoms in total. The minimum atomic E-state index is -4.47. The molecule has 1 rings (SSSR count). The Hall–Kier alpha value is -1.08. The minimum absolute atomic E-state index is 0.123. The molecule has 0 aliphatic rings. The molecule has 1 aromatic rings. The highest BCUT2D eigenvalue weighted by molar-refractivity contribution is 9.10. The van der Waals surface area contributed by atoms with Crippen LogP contribution >= 0.6 is 15.9 Å². The van der Waals surface area contributed by atoms with E-state index in [1.807, 2.05) is 0 Å². The smallest absolute Gasteiger partial charge is 0.383 e. The number of hydrogen-bond donors (Lipinski definition) is 1. The van der Waals surface area contributed by atoms with Crippen molar-refractivity contribution in [1.29, 1.82) is 0 Å². The summed E-state index contributed by atoms with van der Waals surface area (Å²) in [4.78, 5) is 3.84. The number of methoxy groups -OCH3 is 1. The standard InChI is InChI=1S/C11H12BrF3N2O/c1-18-5-4-17-10(16)8-3-2-7(12)6-9(8)11(13,14)15/h2-3,6H,4-5H2,1H3,(H2,16,17). The van der Waals surface area contributed by atoms with Crippen LogP contribution in [-0.2, 0) is 10.9 Å². The summed E-state index contributed by atoms with van der Waals surface area (Å²) in [6.07, 6.45) is -4.47. The molecule has 0 aromatic heterocycles. The molecule has 0 aliphatic carbocycles. The van der Waals surface area contributed by atoms with Gasteiger partial charge in [0.25, 0.3) is 0 Å². The second-order valence-corrected chi connectivity index (χ2v) is 4.36. The molecule has 2 N–H and O–H groups in total. The maximum atomic E-state index is 12.8. The van der Waals surface area contributed by atoms with Crippen molar-refractivity contribution >= 4 is 21.8 Å². The summed E-state index contributed by atoms with van der Waals surface area (Å²) in [5.74, 6) is -0.146. The van der Waals surface area contributed by atoms with Gasteiger partial charge in [0.2, 0.25) is 0 Å². The van der Waals surface area contributed by atoms with E-state index in [2.05, 4.69) is 20.9 Å². The van der Waals surface area contributed by atoms with Gasteiger partial charge in [-0.05, 0) is 18.2 Å². The number of ether oxygens (including phenoxy) is 1. The summed E-state index contributed by atoms with van der Waals surface area (Å²) in [5, 5.41) is 0. The molecule has 0 heterocycles. The summed E-state index contributed by atoms with van der Waals surface area (Å²) in [6, 6.07) is 3.76. The van der Waals surface area contributed by atoms with Crippen LogP contribution in [0.3, 0.4) is 0 Å². The van der Waals surface area contributed by atoms with Crippen molar-refractivity contribution in [2.45, 2.75) is 6.18 Å². The molecular weight excluding hydrogens is 313 g/mol. The van der Waals surface area contributed by atoms with Gasteiger partial charge in [0.1, 0.15) is 5.84 Å². The van der Waals surface area contributed by atoms with Gasteiger partial charge in [-0.3, -0.25) is 4.99 Å². The first-order valence-electron chi connectivity index (χ1n) is 5.02. The van der Waals surface area contributed by atoms with E-state index in [0.717, 1.165) is 6.07 Å². The zero-order valence-electron chi connectivity index (χ0n) is 9.59. The highest BCUT2D eigenvalue weighted by Crippen LogP contribution is 2.33. The fourth-order valence-electron chi connectivity index (χ4n) is 1.32. The Morgan fingerprint density at radius 2 is 2.11 bits per heavy atom. The molecule has 0 saturated heterocycles. The summed E-state index contributed by atoms with van der Waals surface area (Å²) in [5.41, 5.74) is 4.63. The predicted octanol–water partition coefficient (Wildman–Crippen LogP) is 2.82. The Bertz CT molecular complexity index is 446. The molecule has 100 valence electrons. The molecule has 0 amide bonds. The van der Waals surface area contributed by atoms with E-state index in [-0.39, 0.29) is 17.9 Å². The van der Waals surface area contributed by atoms with E-state index in [9.17, 15) is 13.2 Å². The van der Waals surface area contributed by atoms with Crippen LogP contribution in [0.15, 0.2) is 27.7 Å². The lowest BCUT2D eigenvalue weighted by atomic mass is 10.1. The molecule has 18 heavy (non-hydrogen) atoms. The summed E-state index contributed by atoms with van der Waals surface area (Å²) < 4.78 is 43.6. The molecule has 0 unspecified atom stereocenters. The van der Waals surface area contributed by atoms with E-state index in [0.29, 0.717) is 11.1 Å². The molecule has 7 heteroatoms. The molecule has 0 atom stereocenters. The maximum absolute atomic E-state index is 12.8. The van der Waals surface area contributed by atoms with Gasteiger partial charge >= 0.3 is 6.18 Å². The van der Waals surface area contributed by atoms with E-state index in [1.165, 1.54) is 19.2 Å². The number of hydrogen-bond acceptors (Lipinski definition) is 2. The lowest BCUT2D eigenvalue weighted by molar-refractivity contribution is -0.137. The third-order valence-corrected chi connectivity index (χ3v) is 2.63. The quantitative estimate of drug-likeness (QED) is 0.526. The van der Waals surface area contributed by atoms with E-state index >= 15 is 0 Å². The molecule has 1 aromatic carbocycles. The Kier molecular flexibility index (Phi) is 5.15. The molecular formula is C11H12BrF3N2O. The van der Waals surface area contributed by atoms with E-state index < -0.39 is 11.7 Å². The van der Waals surface area contributed by atoms with E-state index in [4.69, 9.17) is 10.5 Å². The van der Waals surface area contributed by atoms with Gasteiger partial charge in [-0.1, -0.05) is 15.9 Å². The van der Waals surface area contributed by atoms with Crippen molar-refractivity contribution in [2.75, 3.05) is 20.3 Å². The van der Waals surface area contributed by atoms with Gasteiger partial charge in [0, 0.05) is 17.1 Å². The van der Waals surface area contributed by atoms with Gasteiger partial charge < -0.3 is 10.5 Å². The van der Waals surface area contributed by atoms with Crippen LogP contribution in [-0.4, -0.2) is 26.1 Å². The number of aliphatic imine (C=N–C) groups is 1. The second-order valence-electron chi connectivity index (χ2n) is 3.45. The van der Waals surface area contributed by atoms with Crippen molar-refractivity contribution < 1.29 is 17.9 Å². The molecule has 0 saturated carbocycles. The van der Waals surface area contributed by atoms with Gasteiger partial charge in [-0.15, -0.1) is 0 Å². The third-order valence-electron chi connectivity index (χ3n) is 2.14. The first-order valence-corrected chi connectivity index (χ1v) is 5.81. The number of halogens is 4. The first kappa shape index (κ1) is 15.0. The van der Waals surface area contributed by atoms with Crippen molar-refractivity contribution in [3.63, 3.8) is 0 Å². The lowest BCUT2D eigenvalue weighted by Crippen LogP contribution is -2.20. The average molecular weight is 325 g/mol. The number of rotatable bonds is 4. The lowest BCUT2D eigenvalue weighted by Gasteiger charge is -2.13. The average Bonchev–Trinajstić information content (AvgIpc) is 2.28. The van der Waals surface area contributed by atoms with Crippen molar-refractivity contribution in [2.24, 2.45) is 10.7 Å². The van der Waals surface area contributed by atoms with Crippen LogP contribution in [0.1, 0.15) is 11.1 Å². The minimum Gasteiger partial charge on any atom is -0.383 e. The molecule has 0 radical (unpaired) electrons. The summed E-state index contributed by atoms with van der Waals surface area (Å²) in [6.45, 7) is 0.522. The number of alkyl halides is 3. The molecule has 0 bridgehead atoms. The Labute approximate surface area is 111 Å². The van der Waals surface area contributed by atoms with Crippen LogP contribution in [0.2, 0.25) is 0 Å².